The molecule has 0 aliphatic carbocycles. The first kappa shape index (κ1) is 14.3. The summed E-state index contributed by atoms with van der Waals surface area (Å²) in [7, 11) is 1.83. The lowest BCUT2D eigenvalue weighted by Crippen LogP contribution is -2.37. The highest BCUT2D eigenvalue weighted by molar-refractivity contribution is 5.95. The van der Waals surface area contributed by atoms with Gasteiger partial charge in [0, 0.05) is 13.2 Å². The third kappa shape index (κ3) is 3.45. The molecule has 106 valence electrons. The number of nitrogens with two attached hydrogens (primary N) is 1. The molecule has 1 atom stereocenters. The molecule has 0 saturated heterocycles. The van der Waals surface area contributed by atoms with Crippen LogP contribution in [0.3, 0.4) is 0 Å². The zero-order valence-electron chi connectivity index (χ0n) is 11.8. The maximum Gasteiger partial charge on any atom is 0.241 e. The van der Waals surface area contributed by atoms with Crippen molar-refractivity contribution in [3.63, 3.8) is 0 Å². The standard InChI is InChI=1S/C15H20N4O/c1-3-13-14(10-19(2)18-13)17-15(20)12(16)9-11-7-5-4-6-8-11/h4-8,10,12H,3,9,16H2,1-2H3,(H,17,20)/t12-/m1/s1. The Morgan fingerprint density at radius 1 is 1.40 bits per heavy atom. The van der Waals surface area contributed by atoms with E-state index in [1.165, 1.54) is 0 Å². The van der Waals surface area contributed by atoms with Crippen molar-refractivity contribution in [1.82, 2.24) is 9.78 Å². The van der Waals surface area contributed by atoms with E-state index in [9.17, 15) is 4.79 Å². The summed E-state index contributed by atoms with van der Waals surface area (Å²) in [5.41, 5.74) is 8.62. The molecule has 0 saturated carbocycles. The molecule has 0 bridgehead atoms. The van der Waals surface area contributed by atoms with Gasteiger partial charge >= 0.3 is 0 Å². The average molecular weight is 272 g/mol. The molecule has 1 amide bonds. The fraction of sp³-hybridized carbons (Fsp3) is 0.333. The van der Waals surface area contributed by atoms with Gasteiger partial charge in [0.05, 0.1) is 17.4 Å². The van der Waals surface area contributed by atoms with Crippen LogP contribution in [-0.4, -0.2) is 21.7 Å². The Labute approximate surface area is 118 Å². The first-order valence-corrected chi connectivity index (χ1v) is 6.73. The van der Waals surface area contributed by atoms with E-state index in [0.717, 1.165) is 23.4 Å². The van der Waals surface area contributed by atoms with E-state index in [2.05, 4.69) is 10.4 Å². The van der Waals surface area contributed by atoms with Gasteiger partial charge in [-0.1, -0.05) is 37.3 Å². The van der Waals surface area contributed by atoms with Gasteiger partial charge in [-0.3, -0.25) is 9.48 Å². The van der Waals surface area contributed by atoms with Crippen molar-refractivity contribution in [3.8, 4) is 0 Å². The van der Waals surface area contributed by atoms with Crippen molar-refractivity contribution < 1.29 is 4.79 Å². The number of hydrogen-bond donors (Lipinski definition) is 2. The van der Waals surface area contributed by atoms with Crippen LogP contribution in [0, 0.1) is 0 Å². The smallest absolute Gasteiger partial charge is 0.241 e. The predicted molar refractivity (Wildman–Crippen MR) is 79.3 cm³/mol. The third-order valence-electron chi connectivity index (χ3n) is 3.13. The van der Waals surface area contributed by atoms with Gasteiger partial charge in [0.1, 0.15) is 0 Å². The molecular weight excluding hydrogens is 252 g/mol. The van der Waals surface area contributed by atoms with Gasteiger partial charge in [-0.15, -0.1) is 0 Å². The number of benzene rings is 1. The van der Waals surface area contributed by atoms with Gasteiger partial charge in [0.25, 0.3) is 0 Å². The number of anilines is 1. The zero-order chi connectivity index (χ0) is 14.5. The fourth-order valence-electron chi connectivity index (χ4n) is 2.09. The molecule has 0 fully saturated rings. The van der Waals surface area contributed by atoms with Crippen LogP contribution >= 0.6 is 0 Å². The van der Waals surface area contributed by atoms with Gasteiger partial charge in [0.15, 0.2) is 0 Å². The fourth-order valence-corrected chi connectivity index (χ4v) is 2.09. The van der Waals surface area contributed by atoms with E-state index in [-0.39, 0.29) is 5.91 Å². The van der Waals surface area contributed by atoms with Crippen LogP contribution in [0.5, 0.6) is 0 Å². The molecule has 0 unspecified atom stereocenters. The van der Waals surface area contributed by atoms with Crippen LogP contribution in [0.1, 0.15) is 18.2 Å². The molecule has 0 spiro atoms. The molecule has 20 heavy (non-hydrogen) atoms. The second-order valence-corrected chi connectivity index (χ2v) is 4.80. The Balaban J connectivity index is 2.00. The molecule has 2 aromatic rings. The number of nitrogens with one attached hydrogen (secondary N) is 1. The van der Waals surface area contributed by atoms with Crippen LogP contribution in [0.25, 0.3) is 0 Å². The number of amides is 1. The second kappa shape index (κ2) is 6.34. The quantitative estimate of drug-likeness (QED) is 0.866. The van der Waals surface area contributed by atoms with Crippen LogP contribution < -0.4 is 11.1 Å². The summed E-state index contributed by atoms with van der Waals surface area (Å²) >= 11 is 0. The highest BCUT2D eigenvalue weighted by Crippen LogP contribution is 2.14. The van der Waals surface area contributed by atoms with E-state index >= 15 is 0 Å². The Bertz CT molecular complexity index is 577. The molecule has 3 N–H and O–H groups in total. The summed E-state index contributed by atoms with van der Waals surface area (Å²) in [6.07, 6.45) is 3.09. The minimum Gasteiger partial charge on any atom is -0.322 e. The number of rotatable bonds is 5. The monoisotopic (exact) mass is 272 g/mol. The van der Waals surface area contributed by atoms with Crippen molar-refractivity contribution in [2.45, 2.75) is 25.8 Å². The number of carbonyl (C=O) groups excluding carboxylic acids is 1. The lowest BCUT2D eigenvalue weighted by molar-refractivity contribution is -0.117. The molecule has 0 aliphatic rings. The second-order valence-electron chi connectivity index (χ2n) is 4.80. The number of carbonyl (C=O) groups is 1. The van der Waals surface area contributed by atoms with Crippen molar-refractivity contribution in [2.24, 2.45) is 12.8 Å². The zero-order valence-corrected chi connectivity index (χ0v) is 11.8. The van der Waals surface area contributed by atoms with Crippen molar-refractivity contribution in [1.29, 1.82) is 0 Å². The normalized spacial score (nSPS) is 12.2. The van der Waals surface area contributed by atoms with Crippen LogP contribution in [0.15, 0.2) is 36.5 Å². The molecule has 0 aliphatic heterocycles. The molecule has 5 heteroatoms. The number of nitrogens with zero attached hydrogens (tertiary/aromatic N) is 2. The minimum atomic E-state index is -0.567. The SMILES string of the molecule is CCc1nn(C)cc1NC(=O)[C@H](N)Cc1ccccc1. The molecule has 2 rings (SSSR count). The summed E-state index contributed by atoms with van der Waals surface area (Å²) in [4.78, 5) is 12.1. The third-order valence-corrected chi connectivity index (χ3v) is 3.13. The number of aromatic nitrogens is 2. The van der Waals surface area contributed by atoms with Gasteiger partial charge < -0.3 is 11.1 Å². The number of hydrogen-bond acceptors (Lipinski definition) is 3. The molecule has 1 heterocycles. The van der Waals surface area contributed by atoms with Crippen LogP contribution in [-0.2, 0) is 24.7 Å². The Kier molecular flexibility index (Phi) is 4.53. The summed E-state index contributed by atoms with van der Waals surface area (Å²) in [6.45, 7) is 2.00. The molecule has 0 radical (unpaired) electrons. The largest absolute Gasteiger partial charge is 0.322 e. The van der Waals surface area contributed by atoms with E-state index in [4.69, 9.17) is 5.73 Å². The summed E-state index contributed by atoms with van der Waals surface area (Å²) in [5, 5.41) is 7.14. The molecule has 1 aromatic heterocycles. The summed E-state index contributed by atoms with van der Waals surface area (Å²) in [6, 6.07) is 9.19. The van der Waals surface area contributed by atoms with Gasteiger partial charge in [-0.25, -0.2) is 0 Å². The minimum absolute atomic E-state index is 0.184. The highest BCUT2D eigenvalue weighted by atomic mass is 16.2. The first-order valence-electron chi connectivity index (χ1n) is 6.73. The summed E-state index contributed by atoms with van der Waals surface area (Å²) in [5.74, 6) is -0.184. The highest BCUT2D eigenvalue weighted by Gasteiger charge is 2.16. The van der Waals surface area contributed by atoms with E-state index in [1.807, 2.05) is 44.3 Å². The van der Waals surface area contributed by atoms with Gasteiger partial charge in [0.2, 0.25) is 5.91 Å². The molecule has 5 nitrogen and oxygen atoms in total. The maximum absolute atomic E-state index is 12.1. The lowest BCUT2D eigenvalue weighted by Gasteiger charge is -2.12. The van der Waals surface area contributed by atoms with E-state index < -0.39 is 6.04 Å². The Morgan fingerprint density at radius 3 is 2.75 bits per heavy atom. The van der Waals surface area contributed by atoms with Crippen LogP contribution in [0.4, 0.5) is 5.69 Å². The molecule has 1 aromatic carbocycles. The summed E-state index contributed by atoms with van der Waals surface area (Å²) < 4.78 is 1.69. The maximum atomic E-state index is 12.1. The number of aryl methyl sites for hydroxylation is 2. The first-order chi connectivity index (χ1) is 9.60. The van der Waals surface area contributed by atoms with Crippen molar-refractivity contribution in [2.75, 3.05) is 5.32 Å². The topological polar surface area (TPSA) is 72.9 Å². The Morgan fingerprint density at radius 2 is 2.10 bits per heavy atom. The van der Waals surface area contributed by atoms with E-state index in [1.54, 1.807) is 10.9 Å². The van der Waals surface area contributed by atoms with Crippen molar-refractivity contribution in [3.05, 3.63) is 47.8 Å². The van der Waals surface area contributed by atoms with Crippen molar-refractivity contribution >= 4 is 11.6 Å². The molecular formula is C15H20N4O. The average Bonchev–Trinajstić information content (AvgIpc) is 2.79. The van der Waals surface area contributed by atoms with Gasteiger partial charge in [-0.2, -0.15) is 5.10 Å². The Hall–Kier alpha value is -2.14. The lowest BCUT2D eigenvalue weighted by atomic mass is 10.1. The van der Waals surface area contributed by atoms with E-state index in [0.29, 0.717) is 6.42 Å². The van der Waals surface area contributed by atoms with Gasteiger partial charge in [-0.05, 0) is 18.4 Å². The van der Waals surface area contributed by atoms with Crippen LogP contribution in [0.2, 0.25) is 0 Å². The predicted octanol–water partition coefficient (Wildman–Crippen LogP) is 1.49.